The van der Waals surface area contributed by atoms with Gasteiger partial charge in [-0.3, -0.25) is 4.72 Å². The van der Waals surface area contributed by atoms with Crippen LogP contribution in [0.2, 0.25) is 0 Å². The van der Waals surface area contributed by atoms with Gasteiger partial charge in [-0.1, -0.05) is 6.07 Å². The third-order valence-corrected chi connectivity index (χ3v) is 4.11. The molecule has 0 atom stereocenters. The van der Waals surface area contributed by atoms with Crippen molar-refractivity contribution in [3.05, 3.63) is 54.1 Å². The van der Waals surface area contributed by atoms with E-state index in [2.05, 4.69) is 9.46 Å². The van der Waals surface area contributed by atoms with Gasteiger partial charge in [0.1, 0.15) is 0 Å². The highest BCUT2D eigenvalue weighted by atomic mass is 32.2. The number of ether oxygens (including phenoxy) is 1. The molecule has 6 nitrogen and oxygen atoms in total. The molecule has 7 heteroatoms. The van der Waals surface area contributed by atoms with Crippen molar-refractivity contribution in [1.82, 2.24) is 0 Å². The minimum atomic E-state index is -3.72. The van der Waals surface area contributed by atoms with Crippen molar-refractivity contribution in [2.24, 2.45) is 0 Å². The largest absolute Gasteiger partial charge is 0.465 e. The first-order valence-electron chi connectivity index (χ1n) is 5.99. The van der Waals surface area contributed by atoms with Crippen LogP contribution in [0.15, 0.2) is 53.4 Å². The maximum absolute atomic E-state index is 12.2. The number of rotatable bonds is 4. The third-order valence-electron chi connectivity index (χ3n) is 2.73. The lowest BCUT2D eigenvalue weighted by Gasteiger charge is -2.09. The summed E-state index contributed by atoms with van der Waals surface area (Å²) in [5.41, 5.74) is 6.61. The highest BCUT2D eigenvalue weighted by Gasteiger charge is 2.14. The standard InChI is InChI=1S/C14H14N2O4S/c1-20-14(17)10-5-7-12(8-6-10)16-21(18,19)13-4-2-3-11(15)9-13/h2-9,16H,15H2,1H3. The Balaban J connectivity index is 2.23. The van der Waals surface area contributed by atoms with Crippen molar-refractivity contribution in [3.8, 4) is 0 Å². The summed E-state index contributed by atoms with van der Waals surface area (Å²) in [6, 6.07) is 11.9. The molecule has 0 aliphatic heterocycles. The summed E-state index contributed by atoms with van der Waals surface area (Å²) in [6.07, 6.45) is 0. The summed E-state index contributed by atoms with van der Waals surface area (Å²) in [6.45, 7) is 0. The fraction of sp³-hybridized carbons (Fsp3) is 0.0714. The number of methoxy groups -OCH3 is 1. The molecule has 0 spiro atoms. The maximum Gasteiger partial charge on any atom is 0.337 e. The van der Waals surface area contributed by atoms with E-state index in [0.717, 1.165) is 0 Å². The van der Waals surface area contributed by atoms with Gasteiger partial charge in [-0.2, -0.15) is 0 Å². The molecule has 3 N–H and O–H groups in total. The van der Waals surface area contributed by atoms with Crippen LogP contribution in [0, 0.1) is 0 Å². The van der Waals surface area contributed by atoms with Crippen molar-refractivity contribution >= 4 is 27.4 Å². The average molecular weight is 306 g/mol. The molecule has 0 saturated heterocycles. The second-order valence-electron chi connectivity index (χ2n) is 4.25. The van der Waals surface area contributed by atoms with Gasteiger partial charge in [0.25, 0.3) is 10.0 Å². The lowest BCUT2D eigenvalue weighted by atomic mass is 10.2. The number of hydrogen-bond acceptors (Lipinski definition) is 5. The Morgan fingerprint density at radius 2 is 1.81 bits per heavy atom. The SMILES string of the molecule is COC(=O)c1ccc(NS(=O)(=O)c2cccc(N)c2)cc1. The highest BCUT2D eigenvalue weighted by molar-refractivity contribution is 7.92. The van der Waals surface area contributed by atoms with Crippen LogP contribution in [0.5, 0.6) is 0 Å². The van der Waals surface area contributed by atoms with E-state index in [1.807, 2.05) is 0 Å². The zero-order valence-corrected chi connectivity index (χ0v) is 12.1. The number of nitrogens with two attached hydrogens (primary N) is 1. The molecular formula is C14H14N2O4S. The summed E-state index contributed by atoms with van der Waals surface area (Å²) in [4.78, 5) is 11.4. The summed E-state index contributed by atoms with van der Waals surface area (Å²) in [5.74, 6) is -0.486. The van der Waals surface area contributed by atoms with E-state index in [-0.39, 0.29) is 4.90 Å². The molecule has 0 unspecified atom stereocenters. The molecule has 0 aliphatic rings. The molecule has 0 saturated carbocycles. The molecule has 21 heavy (non-hydrogen) atoms. The smallest absolute Gasteiger partial charge is 0.337 e. The molecule has 0 aliphatic carbocycles. The highest BCUT2D eigenvalue weighted by Crippen LogP contribution is 2.18. The Hall–Kier alpha value is -2.54. The molecular weight excluding hydrogens is 292 g/mol. The molecule has 2 aromatic carbocycles. The Bertz CT molecular complexity index is 755. The molecule has 0 amide bonds. The predicted octanol–water partition coefficient (Wildman–Crippen LogP) is 1.86. The van der Waals surface area contributed by atoms with E-state index in [0.29, 0.717) is 16.9 Å². The molecule has 2 rings (SSSR count). The minimum absolute atomic E-state index is 0.0690. The molecule has 0 aromatic heterocycles. The second kappa shape index (κ2) is 5.84. The van der Waals surface area contributed by atoms with E-state index < -0.39 is 16.0 Å². The summed E-state index contributed by atoms with van der Waals surface area (Å²) >= 11 is 0. The number of esters is 1. The molecule has 0 fully saturated rings. The number of anilines is 2. The van der Waals surface area contributed by atoms with E-state index in [1.165, 1.54) is 43.5 Å². The lowest BCUT2D eigenvalue weighted by Crippen LogP contribution is -2.13. The van der Waals surface area contributed by atoms with Crippen LogP contribution in [0.3, 0.4) is 0 Å². The predicted molar refractivity (Wildman–Crippen MR) is 79.4 cm³/mol. The van der Waals surface area contributed by atoms with Crippen molar-refractivity contribution in [1.29, 1.82) is 0 Å². The topological polar surface area (TPSA) is 98.5 Å². The van der Waals surface area contributed by atoms with E-state index in [1.54, 1.807) is 12.1 Å². The summed E-state index contributed by atoms with van der Waals surface area (Å²) in [5, 5.41) is 0. The fourth-order valence-electron chi connectivity index (χ4n) is 1.69. The van der Waals surface area contributed by atoms with Gasteiger partial charge in [-0.05, 0) is 42.5 Å². The van der Waals surface area contributed by atoms with Gasteiger partial charge in [-0.15, -0.1) is 0 Å². The van der Waals surface area contributed by atoms with E-state index in [4.69, 9.17) is 5.73 Å². The van der Waals surface area contributed by atoms with E-state index in [9.17, 15) is 13.2 Å². The van der Waals surface area contributed by atoms with Crippen LogP contribution in [-0.4, -0.2) is 21.5 Å². The monoisotopic (exact) mass is 306 g/mol. The number of carbonyl (C=O) groups is 1. The van der Waals surface area contributed by atoms with Gasteiger partial charge >= 0.3 is 5.97 Å². The van der Waals surface area contributed by atoms with Crippen molar-refractivity contribution < 1.29 is 17.9 Å². The van der Waals surface area contributed by atoms with Gasteiger partial charge < -0.3 is 10.5 Å². The van der Waals surface area contributed by atoms with Gasteiger partial charge in [0, 0.05) is 11.4 Å². The Morgan fingerprint density at radius 3 is 2.38 bits per heavy atom. The number of benzene rings is 2. The first-order valence-corrected chi connectivity index (χ1v) is 7.47. The summed E-state index contributed by atoms with van der Waals surface area (Å²) in [7, 11) is -2.44. The minimum Gasteiger partial charge on any atom is -0.465 e. The van der Waals surface area contributed by atoms with Crippen LogP contribution in [-0.2, 0) is 14.8 Å². The average Bonchev–Trinajstić information content (AvgIpc) is 2.47. The Labute approximate surface area is 122 Å². The molecule has 0 heterocycles. The van der Waals surface area contributed by atoms with Crippen LogP contribution < -0.4 is 10.5 Å². The number of carbonyl (C=O) groups excluding carboxylic acids is 1. The third kappa shape index (κ3) is 3.51. The summed E-state index contributed by atoms with van der Waals surface area (Å²) < 4.78 is 31.3. The molecule has 0 bridgehead atoms. The van der Waals surface area contributed by atoms with Crippen LogP contribution in [0.4, 0.5) is 11.4 Å². The van der Waals surface area contributed by atoms with Gasteiger partial charge in [-0.25, -0.2) is 13.2 Å². The number of nitrogens with one attached hydrogen (secondary N) is 1. The van der Waals surface area contributed by atoms with Crippen LogP contribution in [0.25, 0.3) is 0 Å². The lowest BCUT2D eigenvalue weighted by molar-refractivity contribution is 0.0601. The normalized spacial score (nSPS) is 10.9. The molecule has 2 aromatic rings. The zero-order valence-electron chi connectivity index (χ0n) is 11.2. The second-order valence-corrected chi connectivity index (χ2v) is 5.93. The van der Waals surface area contributed by atoms with Gasteiger partial charge in [0.15, 0.2) is 0 Å². The van der Waals surface area contributed by atoms with Crippen LogP contribution in [0.1, 0.15) is 10.4 Å². The van der Waals surface area contributed by atoms with Gasteiger partial charge in [0.2, 0.25) is 0 Å². The number of sulfonamides is 1. The number of nitrogen functional groups attached to an aromatic ring is 1. The molecule has 110 valence electrons. The van der Waals surface area contributed by atoms with Crippen molar-refractivity contribution in [3.63, 3.8) is 0 Å². The molecule has 0 radical (unpaired) electrons. The first-order chi connectivity index (χ1) is 9.92. The van der Waals surface area contributed by atoms with Crippen molar-refractivity contribution in [2.75, 3.05) is 17.6 Å². The number of hydrogen-bond donors (Lipinski definition) is 2. The van der Waals surface area contributed by atoms with E-state index >= 15 is 0 Å². The maximum atomic E-state index is 12.2. The quantitative estimate of drug-likeness (QED) is 0.663. The Morgan fingerprint density at radius 1 is 1.14 bits per heavy atom. The fourth-order valence-corrected chi connectivity index (χ4v) is 2.80. The Kier molecular flexibility index (Phi) is 4.13. The zero-order chi connectivity index (χ0) is 15.5. The van der Waals surface area contributed by atoms with Crippen LogP contribution >= 0.6 is 0 Å². The van der Waals surface area contributed by atoms with Crippen molar-refractivity contribution in [2.45, 2.75) is 4.90 Å². The first kappa shape index (κ1) is 14.9. The van der Waals surface area contributed by atoms with Gasteiger partial charge in [0.05, 0.1) is 17.6 Å².